The quantitative estimate of drug-likeness (QED) is 0.0243. The highest BCUT2D eigenvalue weighted by atomic mass is 31.2. The first-order valence-electron chi connectivity index (χ1n) is 29.2. The number of hydrogen-bond donors (Lipinski definition) is 3. The number of quaternary nitrogens is 1. The minimum Gasteiger partial charge on any atom is -0.387 e. The Bertz CT molecular complexity index is 1140. The second kappa shape index (κ2) is 49.9. The number of hydrogen-bond acceptors (Lipinski definition) is 5. The topological polar surface area (TPSA) is 105 Å². The maximum Gasteiger partial charge on any atom is 0.472 e. The number of aliphatic hydroxyl groups excluding tert-OH is 1. The molecule has 67 heavy (non-hydrogen) atoms. The Balaban J connectivity index is 4.07. The van der Waals surface area contributed by atoms with E-state index in [9.17, 15) is 19.4 Å². The van der Waals surface area contributed by atoms with Crippen molar-refractivity contribution in [1.29, 1.82) is 0 Å². The molecule has 0 aromatic carbocycles. The highest BCUT2D eigenvalue weighted by Crippen LogP contribution is 2.43. The molecule has 0 saturated heterocycles. The lowest BCUT2D eigenvalue weighted by molar-refractivity contribution is -0.870. The van der Waals surface area contributed by atoms with Gasteiger partial charge in [-0.1, -0.05) is 263 Å². The van der Waals surface area contributed by atoms with Gasteiger partial charge in [0.2, 0.25) is 5.91 Å². The van der Waals surface area contributed by atoms with Gasteiger partial charge in [-0.3, -0.25) is 13.8 Å². The predicted molar refractivity (Wildman–Crippen MR) is 291 cm³/mol. The summed E-state index contributed by atoms with van der Waals surface area (Å²) in [4.78, 5) is 23.3. The summed E-state index contributed by atoms with van der Waals surface area (Å²) in [6.45, 7) is 4.85. The lowest BCUT2D eigenvalue weighted by atomic mass is 10.0. The van der Waals surface area contributed by atoms with Gasteiger partial charge in [0.25, 0.3) is 0 Å². The van der Waals surface area contributed by atoms with E-state index in [0.29, 0.717) is 17.4 Å². The first kappa shape index (κ1) is 66.0. The first-order chi connectivity index (χ1) is 32.5. The van der Waals surface area contributed by atoms with Gasteiger partial charge in [0.05, 0.1) is 39.9 Å². The fourth-order valence-electron chi connectivity index (χ4n) is 8.80. The fraction of sp³-hybridized carbons (Fsp3) is 0.914. The van der Waals surface area contributed by atoms with Crippen molar-refractivity contribution >= 4 is 13.7 Å². The zero-order valence-corrected chi connectivity index (χ0v) is 46.3. The molecule has 0 aromatic heterocycles. The molecule has 0 radical (unpaired) electrons. The summed E-state index contributed by atoms with van der Waals surface area (Å²) in [6, 6.07) is -0.844. The van der Waals surface area contributed by atoms with Crippen LogP contribution in [-0.2, 0) is 18.4 Å². The molecule has 0 bridgehead atoms. The molecule has 0 aromatic rings. The van der Waals surface area contributed by atoms with Crippen molar-refractivity contribution in [2.75, 3.05) is 40.9 Å². The summed E-state index contributed by atoms with van der Waals surface area (Å²) in [5.74, 6) is -0.173. The van der Waals surface area contributed by atoms with Gasteiger partial charge in [0, 0.05) is 6.42 Å². The standard InChI is InChI=1S/C58H115N2O6P/c1-6-8-10-12-14-16-18-20-22-23-24-25-26-27-28-29-30-31-32-33-34-35-36-38-40-42-44-46-48-50-52-58(62)59-56(55-66-67(63,64)65-54-53-60(3,4)5)57(61)51-49-47-45-43-41-39-37-21-19-17-15-13-11-9-7-2/h27-28,49,51,56-57,61H,6-26,29-48,50,52-55H2,1-5H3,(H-,59,62,63,64)/p+1/b28-27-,51-49+. The van der Waals surface area contributed by atoms with Crippen LogP contribution in [0.4, 0.5) is 0 Å². The Morgan fingerprint density at radius 3 is 1.15 bits per heavy atom. The number of likely N-dealkylation sites (N-methyl/N-ethyl adjacent to an activating group) is 1. The van der Waals surface area contributed by atoms with E-state index in [-0.39, 0.29) is 19.1 Å². The van der Waals surface area contributed by atoms with Crippen LogP contribution >= 0.6 is 7.82 Å². The number of nitrogens with one attached hydrogen (secondary N) is 1. The number of carbonyl (C=O) groups excluding carboxylic acids is 1. The monoisotopic (exact) mass is 968 g/mol. The van der Waals surface area contributed by atoms with Gasteiger partial charge in [-0.2, -0.15) is 0 Å². The van der Waals surface area contributed by atoms with Gasteiger partial charge < -0.3 is 19.8 Å². The summed E-state index contributed by atoms with van der Waals surface area (Å²) in [5, 5.41) is 13.9. The van der Waals surface area contributed by atoms with Crippen LogP contribution in [0.3, 0.4) is 0 Å². The number of aliphatic hydroxyl groups is 1. The third-order valence-electron chi connectivity index (χ3n) is 13.4. The van der Waals surface area contributed by atoms with Gasteiger partial charge in [-0.15, -0.1) is 0 Å². The molecule has 0 aliphatic carbocycles. The first-order valence-corrected chi connectivity index (χ1v) is 30.7. The average Bonchev–Trinajstić information content (AvgIpc) is 3.29. The molecule has 3 atom stereocenters. The molecule has 0 aliphatic rings. The Labute approximate surface area is 417 Å². The summed E-state index contributed by atoms with van der Waals surface area (Å²) in [5.41, 5.74) is 0. The van der Waals surface area contributed by atoms with E-state index in [0.717, 1.165) is 38.5 Å². The van der Waals surface area contributed by atoms with E-state index in [1.165, 1.54) is 231 Å². The molecule has 0 spiro atoms. The number of amides is 1. The third-order valence-corrected chi connectivity index (χ3v) is 14.4. The molecule has 9 heteroatoms. The van der Waals surface area contributed by atoms with E-state index in [4.69, 9.17) is 9.05 Å². The summed E-state index contributed by atoms with van der Waals surface area (Å²) in [6.07, 6.45) is 62.9. The van der Waals surface area contributed by atoms with Crippen LogP contribution in [0.1, 0.15) is 290 Å². The van der Waals surface area contributed by atoms with Crippen LogP contribution in [0.2, 0.25) is 0 Å². The van der Waals surface area contributed by atoms with Crippen molar-refractivity contribution in [2.45, 2.75) is 302 Å². The molecule has 398 valence electrons. The highest BCUT2D eigenvalue weighted by molar-refractivity contribution is 7.47. The molecule has 8 nitrogen and oxygen atoms in total. The SMILES string of the molecule is CCCCCCCCCCCCCC/C=C\CCCCCCCCCCCCCCCCC(=O)NC(COP(=O)(O)OCC[N+](C)(C)C)C(O)/C=C/CCCCCCCCCCCCCCC. The van der Waals surface area contributed by atoms with Gasteiger partial charge in [-0.25, -0.2) is 4.57 Å². The van der Waals surface area contributed by atoms with E-state index >= 15 is 0 Å². The number of rotatable bonds is 54. The van der Waals surface area contributed by atoms with E-state index in [2.05, 4.69) is 31.3 Å². The lowest BCUT2D eigenvalue weighted by Gasteiger charge is -2.25. The van der Waals surface area contributed by atoms with E-state index < -0.39 is 20.0 Å². The number of allylic oxidation sites excluding steroid dienone is 3. The number of phosphoric acid groups is 1. The molecular weight excluding hydrogens is 852 g/mol. The van der Waals surface area contributed by atoms with Crippen LogP contribution in [0.25, 0.3) is 0 Å². The zero-order chi connectivity index (χ0) is 49.2. The van der Waals surface area contributed by atoms with E-state index in [1.54, 1.807) is 6.08 Å². The van der Waals surface area contributed by atoms with Crippen LogP contribution in [0.5, 0.6) is 0 Å². The summed E-state index contributed by atoms with van der Waals surface area (Å²) < 4.78 is 23.7. The average molecular weight is 969 g/mol. The molecule has 0 aliphatic heterocycles. The van der Waals surface area contributed by atoms with Crippen molar-refractivity contribution in [1.82, 2.24) is 5.32 Å². The normalized spacial score (nSPS) is 14.1. The molecule has 3 unspecified atom stereocenters. The fourth-order valence-corrected chi connectivity index (χ4v) is 9.54. The van der Waals surface area contributed by atoms with Crippen LogP contribution in [0.15, 0.2) is 24.3 Å². The number of nitrogens with zero attached hydrogens (tertiary/aromatic N) is 1. The minimum absolute atomic E-state index is 0.0635. The second-order valence-electron chi connectivity index (χ2n) is 21.4. The lowest BCUT2D eigenvalue weighted by Crippen LogP contribution is -2.45. The Morgan fingerprint density at radius 2 is 0.806 bits per heavy atom. The van der Waals surface area contributed by atoms with Crippen LogP contribution < -0.4 is 5.32 Å². The molecule has 1 amide bonds. The molecule has 0 heterocycles. The van der Waals surface area contributed by atoms with Gasteiger partial charge >= 0.3 is 7.82 Å². The Kier molecular flexibility index (Phi) is 49.2. The van der Waals surface area contributed by atoms with Gasteiger partial charge in [0.15, 0.2) is 0 Å². The predicted octanol–water partition coefficient (Wildman–Crippen LogP) is 17.6. The highest BCUT2D eigenvalue weighted by Gasteiger charge is 2.27. The van der Waals surface area contributed by atoms with Crippen LogP contribution in [-0.4, -0.2) is 73.4 Å². The molecular formula is C58H116N2O6P+. The largest absolute Gasteiger partial charge is 0.472 e. The smallest absolute Gasteiger partial charge is 0.387 e. The Morgan fingerprint density at radius 1 is 0.493 bits per heavy atom. The maximum atomic E-state index is 13.0. The van der Waals surface area contributed by atoms with E-state index in [1.807, 2.05) is 27.2 Å². The molecule has 3 N–H and O–H groups in total. The number of carbonyl (C=O) groups is 1. The number of unbranched alkanes of at least 4 members (excludes halogenated alkanes) is 39. The maximum absolute atomic E-state index is 13.0. The Hall–Kier alpha value is -1.02. The van der Waals surface area contributed by atoms with Crippen molar-refractivity contribution in [3.8, 4) is 0 Å². The van der Waals surface area contributed by atoms with Crippen LogP contribution in [0, 0.1) is 0 Å². The minimum atomic E-state index is -4.34. The van der Waals surface area contributed by atoms with Crippen molar-refractivity contribution < 1.29 is 32.9 Å². The van der Waals surface area contributed by atoms with Gasteiger partial charge in [-0.05, 0) is 44.9 Å². The molecule has 0 fully saturated rings. The summed E-state index contributed by atoms with van der Waals surface area (Å²) >= 11 is 0. The van der Waals surface area contributed by atoms with Crippen molar-refractivity contribution in [3.05, 3.63) is 24.3 Å². The summed E-state index contributed by atoms with van der Waals surface area (Å²) in [7, 11) is 1.58. The third kappa shape index (κ3) is 52.6. The number of phosphoric ester groups is 1. The van der Waals surface area contributed by atoms with Gasteiger partial charge in [0.1, 0.15) is 13.2 Å². The van der Waals surface area contributed by atoms with Crippen molar-refractivity contribution in [2.24, 2.45) is 0 Å². The van der Waals surface area contributed by atoms with Crippen molar-refractivity contribution in [3.63, 3.8) is 0 Å². The second-order valence-corrected chi connectivity index (χ2v) is 22.8. The molecule has 0 saturated carbocycles. The zero-order valence-electron chi connectivity index (χ0n) is 45.4. The molecule has 0 rings (SSSR count).